The molecule has 0 aliphatic carbocycles. The zero-order valence-corrected chi connectivity index (χ0v) is 14.5. The van der Waals surface area contributed by atoms with Crippen LogP contribution in [-0.2, 0) is 4.79 Å². The third-order valence-electron chi connectivity index (χ3n) is 3.13. The van der Waals surface area contributed by atoms with Crippen molar-refractivity contribution in [1.29, 1.82) is 0 Å². The molecule has 2 rings (SSSR count). The molecule has 0 unspecified atom stereocenters. The lowest BCUT2D eigenvalue weighted by atomic mass is 10.1. The number of aromatic amines is 1. The Morgan fingerprint density at radius 1 is 1.35 bits per heavy atom. The average Bonchev–Trinajstić information content (AvgIpc) is 2.98. The summed E-state index contributed by atoms with van der Waals surface area (Å²) < 4.78 is 0. The summed E-state index contributed by atoms with van der Waals surface area (Å²) in [7, 11) is 0. The zero-order chi connectivity index (χ0) is 16.7. The number of carbonyl (C=O) groups is 1. The van der Waals surface area contributed by atoms with Crippen LogP contribution in [0.5, 0.6) is 0 Å². The number of amides is 1. The molecule has 1 heterocycles. The van der Waals surface area contributed by atoms with Crippen LogP contribution in [-0.4, -0.2) is 33.4 Å². The number of hydrogen-bond donors (Lipinski definition) is 2. The number of benzene rings is 1. The lowest BCUT2D eigenvalue weighted by molar-refractivity contribution is -0.118. The van der Waals surface area contributed by atoms with Gasteiger partial charge in [-0.2, -0.15) is 0 Å². The number of carbonyl (C=O) groups excluding carboxylic acids is 1. The van der Waals surface area contributed by atoms with E-state index in [0.717, 1.165) is 5.56 Å². The molecule has 1 aromatic carbocycles. The van der Waals surface area contributed by atoms with Crippen molar-refractivity contribution in [2.75, 3.05) is 12.3 Å². The fourth-order valence-corrected chi connectivity index (χ4v) is 2.47. The second kappa shape index (κ2) is 8.53. The Balaban J connectivity index is 1.86. The predicted molar refractivity (Wildman–Crippen MR) is 95.1 cm³/mol. The first kappa shape index (κ1) is 17.3. The molecule has 0 spiro atoms. The van der Waals surface area contributed by atoms with Gasteiger partial charge in [-0.1, -0.05) is 56.0 Å². The third kappa shape index (κ3) is 5.90. The van der Waals surface area contributed by atoms with Crippen molar-refractivity contribution in [1.82, 2.24) is 20.5 Å². The fraction of sp³-hybridized carbons (Fsp3) is 0.353. The molecular weight excluding hydrogens is 308 g/mol. The van der Waals surface area contributed by atoms with Gasteiger partial charge < -0.3 is 5.32 Å². The van der Waals surface area contributed by atoms with Gasteiger partial charge in [-0.25, -0.2) is 4.98 Å². The lowest BCUT2D eigenvalue weighted by Gasteiger charge is -2.05. The summed E-state index contributed by atoms with van der Waals surface area (Å²) in [5.74, 6) is 1.46. The molecule has 2 aromatic rings. The van der Waals surface area contributed by atoms with E-state index in [4.69, 9.17) is 0 Å². The summed E-state index contributed by atoms with van der Waals surface area (Å²) in [6, 6.07) is 8.14. The van der Waals surface area contributed by atoms with Gasteiger partial charge in [0.05, 0.1) is 5.75 Å². The Hall–Kier alpha value is -2.08. The van der Waals surface area contributed by atoms with E-state index < -0.39 is 0 Å². The van der Waals surface area contributed by atoms with Crippen LogP contribution < -0.4 is 5.32 Å². The molecule has 0 aliphatic rings. The SMILES string of the molecule is Cc1ccccc1/C=C/c1nc(SCC(=O)NCC(C)C)n[nH]1. The highest BCUT2D eigenvalue weighted by Gasteiger charge is 2.07. The highest BCUT2D eigenvalue weighted by molar-refractivity contribution is 7.99. The largest absolute Gasteiger partial charge is 0.355 e. The Bertz CT molecular complexity index is 679. The smallest absolute Gasteiger partial charge is 0.230 e. The molecule has 6 heteroatoms. The summed E-state index contributed by atoms with van der Waals surface area (Å²) in [6.45, 7) is 6.89. The van der Waals surface area contributed by atoms with Crippen LogP contribution in [0.3, 0.4) is 0 Å². The molecule has 0 saturated heterocycles. The molecule has 1 aromatic heterocycles. The molecule has 122 valence electrons. The van der Waals surface area contributed by atoms with Gasteiger partial charge >= 0.3 is 0 Å². The fourth-order valence-electron chi connectivity index (χ4n) is 1.84. The number of rotatable bonds is 7. The van der Waals surface area contributed by atoms with E-state index in [1.807, 2.05) is 24.3 Å². The summed E-state index contributed by atoms with van der Waals surface area (Å²) in [4.78, 5) is 16.0. The minimum atomic E-state index is 0.00509. The molecule has 0 saturated carbocycles. The third-order valence-corrected chi connectivity index (χ3v) is 3.98. The Labute approximate surface area is 141 Å². The van der Waals surface area contributed by atoms with Crippen molar-refractivity contribution in [3.63, 3.8) is 0 Å². The van der Waals surface area contributed by atoms with Crippen molar-refractivity contribution in [2.45, 2.75) is 25.9 Å². The normalized spacial score (nSPS) is 11.3. The average molecular weight is 330 g/mol. The second-order valence-electron chi connectivity index (χ2n) is 5.68. The van der Waals surface area contributed by atoms with E-state index in [-0.39, 0.29) is 5.91 Å². The number of hydrogen-bond acceptors (Lipinski definition) is 4. The first-order valence-electron chi connectivity index (χ1n) is 7.60. The van der Waals surface area contributed by atoms with E-state index in [9.17, 15) is 4.79 Å². The number of nitrogens with zero attached hydrogens (tertiary/aromatic N) is 2. The van der Waals surface area contributed by atoms with E-state index in [2.05, 4.69) is 53.4 Å². The van der Waals surface area contributed by atoms with Crippen LogP contribution in [0.2, 0.25) is 0 Å². The molecule has 0 atom stereocenters. The van der Waals surface area contributed by atoms with Gasteiger partial charge in [0.15, 0.2) is 0 Å². The van der Waals surface area contributed by atoms with E-state index in [1.165, 1.54) is 17.3 Å². The molecule has 0 radical (unpaired) electrons. The van der Waals surface area contributed by atoms with Gasteiger partial charge in [-0.05, 0) is 30.0 Å². The molecule has 0 bridgehead atoms. The number of aromatic nitrogens is 3. The van der Waals surface area contributed by atoms with Crippen LogP contribution >= 0.6 is 11.8 Å². The Morgan fingerprint density at radius 2 is 2.13 bits per heavy atom. The van der Waals surface area contributed by atoms with Gasteiger partial charge in [0.2, 0.25) is 11.1 Å². The molecule has 23 heavy (non-hydrogen) atoms. The van der Waals surface area contributed by atoms with Crippen LogP contribution in [0.25, 0.3) is 12.2 Å². The van der Waals surface area contributed by atoms with Crippen molar-refractivity contribution in [2.24, 2.45) is 5.92 Å². The van der Waals surface area contributed by atoms with Crippen LogP contribution in [0, 0.1) is 12.8 Å². The van der Waals surface area contributed by atoms with Gasteiger partial charge in [-0.15, -0.1) is 5.10 Å². The summed E-state index contributed by atoms with van der Waals surface area (Å²) in [5, 5.41) is 10.4. The van der Waals surface area contributed by atoms with Gasteiger partial charge in [0, 0.05) is 6.54 Å². The maximum absolute atomic E-state index is 11.7. The Morgan fingerprint density at radius 3 is 2.87 bits per heavy atom. The molecule has 0 fully saturated rings. The van der Waals surface area contributed by atoms with E-state index in [0.29, 0.717) is 29.2 Å². The molecular formula is C17H22N4OS. The van der Waals surface area contributed by atoms with E-state index >= 15 is 0 Å². The zero-order valence-electron chi connectivity index (χ0n) is 13.7. The molecule has 2 N–H and O–H groups in total. The quantitative estimate of drug-likeness (QED) is 0.765. The molecule has 0 aliphatic heterocycles. The molecule has 5 nitrogen and oxygen atoms in total. The highest BCUT2D eigenvalue weighted by Crippen LogP contribution is 2.14. The number of thioether (sulfide) groups is 1. The molecule has 1 amide bonds. The standard InChI is InChI=1S/C17H22N4OS/c1-12(2)10-18-16(22)11-23-17-19-15(20-21-17)9-8-14-7-5-4-6-13(14)3/h4-9,12H,10-11H2,1-3H3,(H,18,22)(H,19,20,21)/b9-8+. The number of H-pyrrole nitrogens is 1. The van der Waals surface area contributed by atoms with Crippen molar-refractivity contribution < 1.29 is 4.79 Å². The first-order chi connectivity index (χ1) is 11.0. The number of nitrogens with one attached hydrogen (secondary N) is 2. The van der Waals surface area contributed by atoms with Gasteiger partial charge in [0.25, 0.3) is 0 Å². The van der Waals surface area contributed by atoms with Crippen molar-refractivity contribution >= 4 is 29.8 Å². The second-order valence-corrected chi connectivity index (χ2v) is 6.62. The maximum atomic E-state index is 11.7. The number of aryl methyl sites for hydroxylation is 1. The lowest BCUT2D eigenvalue weighted by Crippen LogP contribution is -2.28. The maximum Gasteiger partial charge on any atom is 0.230 e. The van der Waals surface area contributed by atoms with Crippen LogP contribution in [0.15, 0.2) is 29.4 Å². The van der Waals surface area contributed by atoms with E-state index in [1.54, 1.807) is 0 Å². The van der Waals surface area contributed by atoms with Crippen LogP contribution in [0.1, 0.15) is 30.8 Å². The highest BCUT2D eigenvalue weighted by atomic mass is 32.2. The van der Waals surface area contributed by atoms with Crippen LogP contribution in [0.4, 0.5) is 0 Å². The Kier molecular flexibility index (Phi) is 6.40. The monoisotopic (exact) mass is 330 g/mol. The van der Waals surface area contributed by atoms with Crippen molar-refractivity contribution in [3.05, 3.63) is 41.2 Å². The minimum absolute atomic E-state index is 0.00509. The topological polar surface area (TPSA) is 70.7 Å². The van der Waals surface area contributed by atoms with Crippen molar-refractivity contribution in [3.8, 4) is 0 Å². The first-order valence-corrected chi connectivity index (χ1v) is 8.59. The summed E-state index contributed by atoms with van der Waals surface area (Å²) in [5.41, 5.74) is 2.35. The van der Waals surface area contributed by atoms with Gasteiger partial charge in [-0.3, -0.25) is 9.89 Å². The summed E-state index contributed by atoms with van der Waals surface area (Å²) in [6.07, 6.45) is 3.89. The van der Waals surface area contributed by atoms with Gasteiger partial charge in [0.1, 0.15) is 5.82 Å². The minimum Gasteiger partial charge on any atom is -0.355 e. The summed E-state index contributed by atoms with van der Waals surface area (Å²) >= 11 is 1.33. The predicted octanol–water partition coefficient (Wildman–Crippen LogP) is 3.15.